The maximum Gasteiger partial charge on any atom is 0.244 e. The molecule has 0 amide bonds. The van der Waals surface area contributed by atoms with Crippen LogP contribution in [-0.2, 0) is 14.8 Å². The zero-order valence-electron chi connectivity index (χ0n) is 10.8. The Labute approximate surface area is 127 Å². The number of anilines is 1. The predicted octanol–water partition coefficient (Wildman–Crippen LogP) is 1.25. The molecule has 0 aliphatic heterocycles. The molecule has 0 radical (unpaired) electrons. The number of halogens is 2. The highest BCUT2D eigenvalue weighted by molar-refractivity contribution is 7.89. The third kappa shape index (κ3) is 4.76. The summed E-state index contributed by atoms with van der Waals surface area (Å²) in [4.78, 5) is -0.218. The number of nitrogens with two attached hydrogens (primary N) is 1. The van der Waals surface area contributed by atoms with Crippen LogP contribution in [0.5, 0.6) is 0 Å². The minimum Gasteiger partial charge on any atom is -0.398 e. The second kappa shape index (κ2) is 7.44. The second-order valence-corrected chi connectivity index (χ2v) is 6.65. The first kappa shape index (κ1) is 17.5. The van der Waals surface area contributed by atoms with Crippen molar-refractivity contribution in [2.45, 2.75) is 17.4 Å². The summed E-state index contributed by atoms with van der Waals surface area (Å²) in [5.41, 5.74) is 5.60. The van der Waals surface area contributed by atoms with E-state index in [-0.39, 0.29) is 40.2 Å². The van der Waals surface area contributed by atoms with Crippen LogP contribution in [0.25, 0.3) is 0 Å². The number of methoxy groups -OCH3 is 1. The van der Waals surface area contributed by atoms with E-state index in [0.29, 0.717) is 0 Å². The van der Waals surface area contributed by atoms with Gasteiger partial charge in [-0.25, -0.2) is 13.1 Å². The van der Waals surface area contributed by atoms with Crippen LogP contribution in [0.2, 0.25) is 10.0 Å². The van der Waals surface area contributed by atoms with E-state index in [9.17, 15) is 13.5 Å². The number of sulfonamides is 1. The number of nitrogens with one attached hydrogen (secondary N) is 1. The quantitative estimate of drug-likeness (QED) is 0.647. The van der Waals surface area contributed by atoms with Crippen LogP contribution >= 0.6 is 23.2 Å². The van der Waals surface area contributed by atoms with E-state index < -0.39 is 16.1 Å². The molecule has 0 aromatic heterocycles. The van der Waals surface area contributed by atoms with Gasteiger partial charge in [0.25, 0.3) is 0 Å². The molecule has 1 aromatic carbocycles. The Kier molecular flexibility index (Phi) is 6.50. The van der Waals surface area contributed by atoms with E-state index in [1.165, 1.54) is 19.2 Å². The van der Waals surface area contributed by atoms with Gasteiger partial charge in [-0.1, -0.05) is 23.2 Å². The molecule has 1 aromatic rings. The Hall–Kier alpha value is -0.570. The van der Waals surface area contributed by atoms with Crippen LogP contribution in [0.15, 0.2) is 17.0 Å². The van der Waals surface area contributed by atoms with Gasteiger partial charge in [0, 0.05) is 18.7 Å². The van der Waals surface area contributed by atoms with Gasteiger partial charge in [0.1, 0.15) is 4.90 Å². The highest BCUT2D eigenvalue weighted by atomic mass is 35.5. The number of nitrogen functional groups attached to an aromatic ring is 1. The molecule has 0 fully saturated rings. The molecule has 4 N–H and O–H groups in total. The van der Waals surface area contributed by atoms with Gasteiger partial charge in [0.2, 0.25) is 10.0 Å². The fourth-order valence-corrected chi connectivity index (χ4v) is 3.60. The van der Waals surface area contributed by atoms with E-state index in [4.69, 9.17) is 33.7 Å². The standard InChI is InChI=1S/C11H16Cl2N2O4S/c1-19-6-8(16)2-3-15-20(17,18)11-9(13)4-7(12)5-10(11)14/h4-5,8,15-16H,2-3,6,14H2,1H3. The molecular weight excluding hydrogens is 327 g/mol. The number of aliphatic hydroxyl groups excluding tert-OH is 1. The molecule has 0 spiro atoms. The third-order valence-corrected chi connectivity index (χ3v) is 4.64. The van der Waals surface area contributed by atoms with Crippen molar-refractivity contribution in [1.82, 2.24) is 4.72 Å². The topological polar surface area (TPSA) is 102 Å². The van der Waals surface area contributed by atoms with E-state index in [1.807, 2.05) is 0 Å². The number of aliphatic hydroxyl groups is 1. The third-order valence-electron chi connectivity index (χ3n) is 2.43. The van der Waals surface area contributed by atoms with E-state index >= 15 is 0 Å². The normalized spacial score (nSPS) is 13.4. The Balaban J connectivity index is 2.80. The summed E-state index contributed by atoms with van der Waals surface area (Å²) in [6.45, 7) is 0.164. The van der Waals surface area contributed by atoms with Gasteiger partial charge >= 0.3 is 0 Å². The molecule has 0 saturated heterocycles. The van der Waals surface area contributed by atoms with Crippen molar-refractivity contribution >= 4 is 38.9 Å². The minimum atomic E-state index is -3.87. The fraction of sp³-hybridized carbons (Fsp3) is 0.455. The summed E-state index contributed by atoms with van der Waals surface area (Å²) in [6, 6.07) is 2.61. The molecule has 6 nitrogen and oxygen atoms in total. The lowest BCUT2D eigenvalue weighted by Gasteiger charge is -2.13. The number of benzene rings is 1. The lowest BCUT2D eigenvalue weighted by Crippen LogP contribution is -2.29. The molecule has 114 valence electrons. The first-order chi connectivity index (χ1) is 9.27. The molecule has 20 heavy (non-hydrogen) atoms. The summed E-state index contributed by atoms with van der Waals surface area (Å²) in [5.74, 6) is 0. The lowest BCUT2D eigenvalue weighted by atomic mass is 10.3. The first-order valence-corrected chi connectivity index (χ1v) is 7.93. The number of rotatable bonds is 7. The van der Waals surface area contributed by atoms with Crippen LogP contribution in [0.1, 0.15) is 6.42 Å². The fourth-order valence-electron chi connectivity index (χ4n) is 1.57. The Morgan fingerprint density at radius 2 is 2.10 bits per heavy atom. The molecule has 0 saturated carbocycles. The predicted molar refractivity (Wildman–Crippen MR) is 78.6 cm³/mol. The van der Waals surface area contributed by atoms with Crippen molar-refractivity contribution in [2.75, 3.05) is 26.0 Å². The maximum atomic E-state index is 12.1. The summed E-state index contributed by atoms with van der Waals surface area (Å²) < 4.78 is 31.2. The summed E-state index contributed by atoms with van der Waals surface area (Å²) in [5, 5.41) is 9.63. The van der Waals surface area contributed by atoms with Crippen LogP contribution in [0.3, 0.4) is 0 Å². The average molecular weight is 343 g/mol. The van der Waals surface area contributed by atoms with Crippen LogP contribution in [0, 0.1) is 0 Å². The van der Waals surface area contributed by atoms with Crippen LogP contribution < -0.4 is 10.5 Å². The average Bonchev–Trinajstić information content (AvgIpc) is 2.26. The van der Waals surface area contributed by atoms with Crippen molar-refractivity contribution in [3.63, 3.8) is 0 Å². The molecule has 0 bridgehead atoms. The zero-order chi connectivity index (χ0) is 15.3. The van der Waals surface area contributed by atoms with E-state index in [1.54, 1.807) is 0 Å². The summed E-state index contributed by atoms with van der Waals surface area (Å²) in [6.07, 6.45) is -0.543. The Bertz CT molecular complexity index is 543. The Morgan fingerprint density at radius 3 is 2.65 bits per heavy atom. The highest BCUT2D eigenvalue weighted by Crippen LogP contribution is 2.30. The van der Waals surface area contributed by atoms with E-state index in [2.05, 4.69) is 4.72 Å². The van der Waals surface area contributed by atoms with Crippen molar-refractivity contribution in [3.8, 4) is 0 Å². The van der Waals surface area contributed by atoms with Crippen molar-refractivity contribution in [2.24, 2.45) is 0 Å². The molecule has 0 aliphatic carbocycles. The maximum absolute atomic E-state index is 12.1. The van der Waals surface area contributed by atoms with Crippen molar-refractivity contribution in [1.29, 1.82) is 0 Å². The van der Waals surface area contributed by atoms with Gasteiger partial charge in [-0.15, -0.1) is 0 Å². The monoisotopic (exact) mass is 342 g/mol. The molecule has 9 heteroatoms. The first-order valence-electron chi connectivity index (χ1n) is 5.69. The molecular formula is C11H16Cl2N2O4S. The number of ether oxygens (including phenoxy) is 1. The largest absolute Gasteiger partial charge is 0.398 e. The molecule has 1 atom stereocenters. The highest BCUT2D eigenvalue weighted by Gasteiger charge is 2.21. The molecule has 0 aliphatic rings. The van der Waals surface area contributed by atoms with Gasteiger partial charge in [-0.2, -0.15) is 0 Å². The van der Waals surface area contributed by atoms with Crippen molar-refractivity contribution in [3.05, 3.63) is 22.2 Å². The van der Waals surface area contributed by atoms with Crippen LogP contribution in [-0.4, -0.2) is 39.9 Å². The van der Waals surface area contributed by atoms with Crippen molar-refractivity contribution < 1.29 is 18.3 Å². The van der Waals surface area contributed by atoms with Gasteiger partial charge in [0.05, 0.1) is 23.4 Å². The molecule has 1 unspecified atom stereocenters. The summed E-state index contributed by atoms with van der Waals surface area (Å²) >= 11 is 11.6. The van der Waals surface area contributed by atoms with Gasteiger partial charge in [-0.3, -0.25) is 0 Å². The zero-order valence-corrected chi connectivity index (χ0v) is 13.1. The molecule has 0 heterocycles. The van der Waals surface area contributed by atoms with Crippen LogP contribution in [0.4, 0.5) is 5.69 Å². The van der Waals surface area contributed by atoms with E-state index in [0.717, 1.165) is 0 Å². The lowest BCUT2D eigenvalue weighted by molar-refractivity contribution is 0.0603. The molecule has 1 rings (SSSR count). The number of hydrogen-bond donors (Lipinski definition) is 3. The minimum absolute atomic E-state index is 0.0330. The van der Waals surface area contributed by atoms with Gasteiger partial charge < -0.3 is 15.6 Å². The van der Waals surface area contributed by atoms with Gasteiger partial charge in [0.15, 0.2) is 0 Å². The smallest absolute Gasteiger partial charge is 0.244 e. The Morgan fingerprint density at radius 1 is 1.45 bits per heavy atom. The van der Waals surface area contributed by atoms with Gasteiger partial charge in [-0.05, 0) is 18.6 Å². The number of hydrogen-bond acceptors (Lipinski definition) is 5. The second-order valence-electron chi connectivity index (χ2n) is 4.10. The SMILES string of the molecule is COCC(O)CCNS(=O)(=O)c1c(N)cc(Cl)cc1Cl. The summed E-state index contributed by atoms with van der Waals surface area (Å²) in [7, 11) is -2.42.